The summed E-state index contributed by atoms with van der Waals surface area (Å²) in [6.07, 6.45) is 31.5. The van der Waals surface area contributed by atoms with Crippen molar-refractivity contribution in [2.45, 2.75) is 202 Å². The number of hydrogen-bond donors (Lipinski definition) is 0. The van der Waals surface area contributed by atoms with Gasteiger partial charge in [-0.15, -0.1) is 0 Å². The molecule has 0 rings (SSSR count). The Morgan fingerprint density at radius 3 is 1.02 bits per heavy atom. The zero-order valence-electron chi connectivity index (χ0n) is 30.8. The molecule has 0 spiro atoms. The van der Waals surface area contributed by atoms with Gasteiger partial charge in [-0.2, -0.15) is 8.42 Å². The number of nitrogens with zero attached hydrogens (tertiary/aromatic N) is 1. The van der Waals surface area contributed by atoms with E-state index < -0.39 is 10.1 Å². The third-order valence-corrected chi connectivity index (χ3v) is 11.0. The minimum atomic E-state index is -3.34. The summed E-state index contributed by atoms with van der Waals surface area (Å²) in [6, 6.07) is 0. The first kappa shape index (κ1) is 45.9. The highest BCUT2D eigenvalue weighted by atomic mass is 32.2. The van der Waals surface area contributed by atoms with Crippen LogP contribution in [-0.4, -0.2) is 58.1 Å². The van der Waals surface area contributed by atoms with Crippen molar-refractivity contribution in [2.24, 2.45) is 0 Å². The lowest BCUT2D eigenvalue weighted by Gasteiger charge is -2.34. The summed E-state index contributed by atoms with van der Waals surface area (Å²) < 4.78 is 42.5. The van der Waals surface area contributed by atoms with Crippen LogP contribution in [0.25, 0.3) is 0 Å². The van der Waals surface area contributed by atoms with Gasteiger partial charge in [0.15, 0.2) is 0 Å². The molecule has 0 unspecified atom stereocenters. The van der Waals surface area contributed by atoms with Gasteiger partial charge in [-0.05, 0) is 47.0 Å². The van der Waals surface area contributed by atoms with E-state index in [1.165, 1.54) is 146 Å². The summed E-state index contributed by atoms with van der Waals surface area (Å²) in [6.45, 7) is 16.7. The van der Waals surface area contributed by atoms with E-state index in [4.69, 9.17) is 4.18 Å². The Kier molecular flexibility index (Phi) is 37.2. The fourth-order valence-corrected chi connectivity index (χ4v) is 7.07. The van der Waals surface area contributed by atoms with Gasteiger partial charge < -0.3 is 4.48 Å². The summed E-state index contributed by atoms with van der Waals surface area (Å²) in [5.74, 6) is 0.162. The van der Waals surface area contributed by atoms with Crippen molar-refractivity contribution in [3.63, 3.8) is 0 Å². The Hall–Kier alpha value is -0.200. The molecule has 0 amide bonds. The van der Waals surface area contributed by atoms with Crippen LogP contribution >= 0.6 is 0 Å². The molecule has 0 aromatic rings. The number of alkyl halides is 1. The predicted octanol–water partition coefficient (Wildman–Crippen LogP) is 12.3. The second-order valence-electron chi connectivity index (χ2n) is 13.2. The van der Waals surface area contributed by atoms with Crippen LogP contribution in [0.15, 0.2) is 0 Å². The van der Waals surface area contributed by atoms with Crippen LogP contribution in [0.4, 0.5) is 4.39 Å². The first-order chi connectivity index (χ1) is 21.4. The Balaban J connectivity index is 0. The van der Waals surface area contributed by atoms with Gasteiger partial charge in [0, 0.05) is 0 Å². The molecule has 44 heavy (non-hydrogen) atoms. The molecule has 268 valence electrons. The molecule has 0 fully saturated rings. The molecule has 0 radical (unpaired) electrons. The Morgan fingerprint density at radius 1 is 0.432 bits per heavy atom. The lowest BCUT2D eigenvalue weighted by molar-refractivity contribution is -0.921. The largest absolute Gasteiger partial charge is 0.325 e. The molecular formula is C38H81FNO3S+. The van der Waals surface area contributed by atoms with Crippen LogP contribution in [0.1, 0.15) is 202 Å². The van der Waals surface area contributed by atoms with Gasteiger partial charge in [-0.1, -0.05) is 155 Å². The number of quaternary nitrogens is 1. The second kappa shape index (κ2) is 35.7. The van der Waals surface area contributed by atoms with Crippen molar-refractivity contribution in [3.8, 4) is 0 Å². The van der Waals surface area contributed by atoms with Crippen molar-refractivity contribution in [3.05, 3.63) is 0 Å². The molecule has 0 atom stereocenters. The summed E-state index contributed by atoms with van der Waals surface area (Å²) in [4.78, 5) is 0. The van der Waals surface area contributed by atoms with E-state index in [9.17, 15) is 12.8 Å². The van der Waals surface area contributed by atoms with E-state index in [0.717, 1.165) is 38.5 Å². The quantitative estimate of drug-likeness (QED) is 0.0395. The minimum Gasteiger partial charge on any atom is -0.325 e. The third kappa shape index (κ3) is 33.2. The number of halogens is 1. The molecule has 4 nitrogen and oxygen atoms in total. The molecule has 0 bridgehead atoms. The highest BCUT2D eigenvalue weighted by molar-refractivity contribution is 7.86. The van der Waals surface area contributed by atoms with Gasteiger partial charge in [0.2, 0.25) is 0 Å². The summed E-state index contributed by atoms with van der Waals surface area (Å²) in [7, 11) is -3.34. The van der Waals surface area contributed by atoms with E-state index >= 15 is 0 Å². The summed E-state index contributed by atoms with van der Waals surface area (Å²) >= 11 is 0. The first-order valence-corrected chi connectivity index (χ1v) is 21.2. The molecule has 0 heterocycles. The lowest BCUT2D eigenvalue weighted by atomic mass is 10.0. The maximum absolute atomic E-state index is 12.0. The Morgan fingerprint density at radius 2 is 0.727 bits per heavy atom. The molecule has 6 heteroatoms. The lowest BCUT2D eigenvalue weighted by Crippen LogP contribution is -2.47. The van der Waals surface area contributed by atoms with Crippen molar-refractivity contribution in [1.29, 1.82) is 0 Å². The van der Waals surface area contributed by atoms with Gasteiger partial charge in [-0.25, -0.2) is 0 Å². The summed E-state index contributed by atoms with van der Waals surface area (Å²) in [5, 5.41) is 0. The van der Waals surface area contributed by atoms with E-state index in [1.54, 1.807) is 0 Å². The monoisotopic (exact) mass is 651 g/mol. The minimum absolute atomic E-state index is 0.162. The second-order valence-corrected chi connectivity index (χ2v) is 15.0. The highest BCUT2D eigenvalue weighted by Gasteiger charge is 2.16. The fraction of sp³-hybridized carbons (Fsp3) is 1.00. The molecule has 0 aliphatic carbocycles. The average molecular weight is 651 g/mol. The highest BCUT2D eigenvalue weighted by Crippen LogP contribution is 2.15. The molecular weight excluding hydrogens is 569 g/mol. The standard InChI is InChI=1S/C30H61FO3S.C8H20N/c1-2-3-4-5-6-7-8-9-10-11-12-14-17-20-23-26-29-34-35(32,33)30-27-24-21-18-15-13-16-19-22-25-28-31;1-5-9(6-2,7-3)8-4/h2-30H2,1H3;5-8H2,1-4H3/q;+1. The number of unbranched alkanes of at least 4 members (excludes halogenated alkanes) is 24. The topological polar surface area (TPSA) is 43.4 Å². The van der Waals surface area contributed by atoms with Crippen molar-refractivity contribution in [2.75, 3.05) is 45.2 Å². The zero-order valence-corrected chi connectivity index (χ0v) is 31.6. The van der Waals surface area contributed by atoms with E-state index in [0.29, 0.717) is 19.4 Å². The average Bonchev–Trinajstić information content (AvgIpc) is 3.03. The first-order valence-electron chi connectivity index (χ1n) is 19.6. The molecule has 0 N–H and O–H groups in total. The van der Waals surface area contributed by atoms with Crippen LogP contribution in [0, 0.1) is 0 Å². The van der Waals surface area contributed by atoms with Gasteiger partial charge >= 0.3 is 0 Å². The third-order valence-electron chi connectivity index (χ3n) is 9.72. The Labute approximate surface area is 277 Å². The van der Waals surface area contributed by atoms with Gasteiger partial charge in [0.05, 0.1) is 45.2 Å². The summed E-state index contributed by atoms with van der Waals surface area (Å²) in [5.41, 5.74) is 0. The van der Waals surface area contributed by atoms with Gasteiger partial charge in [-0.3, -0.25) is 8.57 Å². The van der Waals surface area contributed by atoms with E-state index in [-0.39, 0.29) is 12.4 Å². The zero-order chi connectivity index (χ0) is 33.0. The number of hydrogen-bond acceptors (Lipinski definition) is 3. The predicted molar refractivity (Wildman–Crippen MR) is 194 cm³/mol. The van der Waals surface area contributed by atoms with Gasteiger partial charge in [0.1, 0.15) is 0 Å². The van der Waals surface area contributed by atoms with Gasteiger partial charge in [0.25, 0.3) is 10.1 Å². The molecule has 0 aromatic carbocycles. The SMILES string of the molecule is CCCCCCCCCCCCCCCCCCOS(=O)(=O)CCCCCCCCCCCCF.CC[N+](CC)(CC)CC. The maximum atomic E-state index is 12.0. The smallest absolute Gasteiger partial charge is 0.267 e. The van der Waals surface area contributed by atoms with Crippen LogP contribution in [0.2, 0.25) is 0 Å². The van der Waals surface area contributed by atoms with Crippen LogP contribution < -0.4 is 0 Å². The normalized spacial score (nSPS) is 12.0. The molecule has 0 aliphatic rings. The maximum Gasteiger partial charge on any atom is 0.267 e. The molecule has 0 aromatic heterocycles. The van der Waals surface area contributed by atoms with Crippen LogP contribution in [0.3, 0.4) is 0 Å². The van der Waals surface area contributed by atoms with Crippen LogP contribution in [-0.2, 0) is 14.3 Å². The van der Waals surface area contributed by atoms with E-state index in [1.807, 2.05) is 0 Å². The van der Waals surface area contributed by atoms with E-state index in [2.05, 4.69) is 34.6 Å². The molecule has 0 saturated carbocycles. The van der Waals surface area contributed by atoms with Crippen molar-refractivity contribution >= 4 is 10.1 Å². The molecule has 0 aliphatic heterocycles. The Bertz CT molecular complexity index is 622. The van der Waals surface area contributed by atoms with Crippen molar-refractivity contribution in [1.82, 2.24) is 0 Å². The number of rotatable bonds is 34. The van der Waals surface area contributed by atoms with Crippen LogP contribution in [0.5, 0.6) is 0 Å². The fourth-order valence-electron chi connectivity index (χ4n) is 6.02. The van der Waals surface area contributed by atoms with Crippen molar-refractivity contribution < 1.29 is 21.5 Å². The molecule has 0 saturated heterocycles.